The van der Waals surface area contributed by atoms with Crippen LogP contribution in [0.4, 0.5) is 23.2 Å². The number of carbonyl (C=O) groups is 1. The average Bonchev–Trinajstić information content (AvgIpc) is 3.42. The van der Waals surface area contributed by atoms with Gasteiger partial charge in [-0.2, -0.15) is 13.2 Å². The van der Waals surface area contributed by atoms with Gasteiger partial charge in [0.05, 0.1) is 16.6 Å². The van der Waals surface area contributed by atoms with Crippen LogP contribution in [-0.4, -0.2) is 41.8 Å². The van der Waals surface area contributed by atoms with Crippen LogP contribution in [0.1, 0.15) is 48.1 Å². The van der Waals surface area contributed by atoms with E-state index < -0.39 is 51.1 Å². The van der Waals surface area contributed by atoms with Gasteiger partial charge in [-0.25, -0.2) is 9.18 Å². The number of carboxylic acid groups (broad SMARTS) is 1. The second kappa shape index (κ2) is 7.51. The first kappa shape index (κ1) is 21.6. The van der Waals surface area contributed by atoms with Crippen molar-refractivity contribution in [1.29, 1.82) is 0 Å². The normalized spacial score (nSPS) is 20.5. The molecule has 0 bridgehead atoms. The second-order valence-electron chi connectivity index (χ2n) is 8.36. The van der Waals surface area contributed by atoms with Gasteiger partial charge in [0.1, 0.15) is 16.9 Å². The van der Waals surface area contributed by atoms with Gasteiger partial charge in [0, 0.05) is 31.4 Å². The van der Waals surface area contributed by atoms with Crippen LogP contribution in [0.5, 0.6) is 0 Å². The summed E-state index contributed by atoms with van der Waals surface area (Å²) in [6, 6.07) is 0.462. The zero-order chi connectivity index (χ0) is 22.7. The molecular formula is C21H23F4N3O3. The predicted molar refractivity (Wildman–Crippen MR) is 107 cm³/mol. The predicted octanol–water partition coefficient (Wildman–Crippen LogP) is 3.63. The fraction of sp³-hybridized carbons (Fsp3) is 0.524. The molecule has 1 saturated heterocycles. The lowest BCUT2D eigenvalue weighted by Gasteiger charge is -2.27. The van der Waals surface area contributed by atoms with Gasteiger partial charge >= 0.3 is 12.1 Å². The monoisotopic (exact) mass is 441 g/mol. The van der Waals surface area contributed by atoms with Crippen LogP contribution >= 0.6 is 0 Å². The Hall–Kier alpha value is -2.62. The molecule has 10 heteroatoms. The number of anilines is 1. The topological polar surface area (TPSA) is 74.6 Å². The minimum Gasteiger partial charge on any atom is -0.477 e. The highest BCUT2D eigenvalue weighted by molar-refractivity contribution is 5.95. The molecule has 2 atom stereocenters. The number of aromatic carboxylic acids is 1. The number of benzene rings is 1. The summed E-state index contributed by atoms with van der Waals surface area (Å²) >= 11 is 0. The van der Waals surface area contributed by atoms with Crippen LogP contribution in [0.3, 0.4) is 0 Å². The molecule has 2 fully saturated rings. The van der Waals surface area contributed by atoms with E-state index in [1.165, 1.54) is 9.47 Å². The quantitative estimate of drug-likeness (QED) is 0.694. The number of nitrogens with zero attached hydrogens (tertiary/aromatic N) is 2. The second-order valence-corrected chi connectivity index (χ2v) is 8.36. The standard InChI is InChI=1S/C21H23F4N3O3/c1-10(26-2)11-5-6-27(8-11)18-15(22)7-13-17(16(18)21(23,24)25)28(12-3-4-12)9-14(19(13)29)20(30)31/h7,9-12,26H,3-6,8H2,1-2H3,(H,30,31)/t10-,11?/m1/s1. The maximum atomic E-state index is 15.2. The maximum Gasteiger partial charge on any atom is 0.420 e. The van der Waals surface area contributed by atoms with Crippen molar-refractivity contribution in [2.45, 2.75) is 44.4 Å². The number of hydrogen-bond donors (Lipinski definition) is 2. The average molecular weight is 441 g/mol. The smallest absolute Gasteiger partial charge is 0.420 e. The first-order valence-corrected chi connectivity index (χ1v) is 10.2. The summed E-state index contributed by atoms with van der Waals surface area (Å²) in [4.78, 5) is 25.5. The molecule has 4 rings (SSSR count). The minimum atomic E-state index is -4.93. The highest BCUT2D eigenvalue weighted by atomic mass is 19.4. The Morgan fingerprint density at radius 1 is 1.29 bits per heavy atom. The van der Waals surface area contributed by atoms with Crippen LogP contribution in [-0.2, 0) is 6.18 Å². The van der Waals surface area contributed by atoms with Crippen molar-refractivity contribution in [3.8, 4) is 0 Å². The fourth-order valence-electron chi connectivity index (χ4n) is 4.48. The van der Waals surface area contributed by atoms with Crippen molar-refractivity contribution < 1.29 is 27.5 Å². The number of fused-ring (bicyclic) bond motifs is 1. The number of pyridine rings is 1. The Morgan fingerprint density at radius 2 is 1.97 bits per heavy atom. The Labute approximate surface area is 175 Å². The molecule has 1 aromatic carbocycles. The number of carboxylic acids is 1. The first-order chi connectivity index (χ1) is 14.5. The van der Waals surface area contributed by atoms with E-state index in [4.69, 9.17) is 0 Å². The number of rotatable bonds is 5. The highest BCUT2D eigenvalue weighted by Gasteiger charge is 2.43. The summed E-state index contributed by atoms with van der Waals surface area (Å²) < 4.78 is 59.4. The molecule has 1 aromatic heterocycles. The van der Waals surface area contributed by atoms with E-state index in [1.807, 2.05) is 6.92 Å². The summed E-state index contributed by atoms with van der Waals surface area (Å²) in [6.45, 7) is 2.42. The third-order valence-electron chi connectivity index (χ3n) is 6.40. The maximum absolute atomic E-state index is 15.2. The number of halogens is 4. The van der Waals surface area contributed by atoms with Gasteiger partial charge in [0.2, 0.25) is 5.43 Å². The first-order valence-electron chi connectivity index (χ1n) is 10.2. The molecular weight excluding hydrogens is 418 g/mol. The van der Waals surface area contributed by atoms with E-state index in [0.717, 1.165) is 12.3 Å². The zero-order valence-electron chi connectivity index (χ0n) is 17.1. The largest absolute Gasteiger partial charge is 0.477 e. The molecule has 0 radical (unpaired) electrons. The van der Waals surface area contributed by atoms with Crippen LogP contribution in [0.25, 0.3) is 10.9 Å². The summed E-state index contributed by atoms with van der Waals surface area (Å²) in [6.07, 6.45) is -2.24. The van der Waals surface area contributed by atoms with E-state index in [2.05, 4.69) is 5.32 Å². The Balaban J connectivity index is 2.02. The molecule has 1 saturated carbocycles. The Kier molecular flexibility index (Phi) is 5.23. The molecule has 168 valence electrons. The summed E-state index contributed by atoms with van der Waals surface area (Å²) in [5.41, 5.74) is -3.99. The van der Waals surface area contributed by atoms with Gasteiger partial charge in [0.25, 0.3) is 0 Å². The third kappa shape index (κ3) is 3.66. The molecule has 1 aliphatic carbocycles. The van der Waals surface area contributed by atoms with Crippen molar-refractivity contribution in [3.63, 3.8) is 0 Å². The van der Waals surface area contributed by atoms with Crippen LogP contribution in [0.2, 0.25) is 0 Å². The molecule has 31 heavy (non-hydrogen) atoms. The summed E-state index contributed by atoms with van der Waals surface area (Å²) in [7, 11) is 1.76. The molecule has 2 aliphatic rings. The van der Waals surface area contributed by atoms with E-state index in [0.29, 0.717) is 19.3 Å². The lowest BCUT2D eigenvalue weighted by atomic mass is 10.0. The summed E-state index contributed by atoms with van der Waals surface area (Å²) in [5, 5.41) is 11.9. The zero-order valence-corrected chi connectivity index (χ0v) is 17.1. The van der Waals surface area contributed by atoms with Crippen molar-refractivity contribution in [1.82, 2.24) is 9.88 Å². The van der Waals surface area contributed by atoms with Gasteiger partial charge in [0.15, 0.2) is 0 Å². The van der Waals surface area contributed by atoms with Crippen LogP contribution in [0, 0.1) is 11.7 Å². The van der Waals surface area contributed by atoms with Crippen molar-refractivity contribution in [2.75, 3.05) is 25.0 Å². The number of alkyl halides is 3. The Bertz CT molecular complexity index is 1110. The Morgan fingerprint density at radius 3 is 2.52 bits per heavy atom. The van der Waals surface area contributed by atoms with Gasteiger partial charge in [-0.1, -0.05) is 0 Å². The lowest BCUT2D eigenvalue weighted by Crippen LogP contribution is -2.33. The minimum absolute atomic E-state index is 0.0428. The number of hydrogen-bond acceptors (Lipinski definition) is 4. The molecule has 0 amide bonds. The number of nitrogens with one attached hydrogen (secondary N) is 1. The molecule has 2 heterocycles. The van der Waals surface area contributed by atoms with Gasteiger partial charge < -0.3 is 19.9 Å². The molecule has 0 spiro atoms. The van der Waals surface area contributed by atoms with E-state index in [1.54, 1.807) is 7.05 Å². The van der Waals surface area contributed by atoms with Gasteiger partial charge in [-0.05, 0) is 45.2 Å². The van der Waals surface area contributed by atoms with Crippen molar-refractivity contribution >= 4 is 22.6 Å². The molecule has 2 aromatic rings. The lowest BCUT2D eigenvalue weighted by molar-refractivity contribution is -0.136. The highest BCUT2D eigenvalue weighted by Crippen LogP contribution is 2.46. The van der Waals surface area contributed by atoms with Crippen molar-refractivity contribution in [2.24, 2.45) is 5.92 Å². The summed E-state index contributed by atoms with van der Waals surface area (Å²) in [5.74, 6) is -2.68. The SMILES string of the molecule is CN[C@H](C)C1CCN(c2c(F)cc3c(=O)c(C(=O)O)cn(C4CC4)c3c2C(F)(F)F)C1. The molecule has 1 aliphatic heterocycles. The van der Waals surface area contributed by atoms with Crippen LogP contribution in [0.15, 0.2) is 17.1 Å². The number of aromatic nitrogens is 1. The fourth-order valence-corrected chi connectivity index (χ4v) is 4.48. The van der Waals surface area contributed by atoms with E-state index in [-0.39, 0.29) is 31.1 Å². The van der Waals surface area contributed by atoms with Crippen LogP contribution < -0.4 is 15.6 Å². The molecule has 1 unspecified atom stereocenters. The van der Waals surface area contributed by atoms with Crippen molar-refractivity contribution in [3.05, 3.63) is 39.4 Å². The van der Waals surface area contributed by atoms with E-state index in [9.17, 15) is 27.9 Å². The van der Waals surface area contributed by atoms with E-state index >= 15 is 4.39 Å². The molecule has 6 nitrogen and oxygen atoms in total. The third-order valence-corrected chi connectivity index (χ3v) is 6.40. The molecule has 2 N–H and O–H groups in total. The van der Waals surface area contributed by atoms with Gasteiger partial charge in [-0.15, -0.1) is 0 Å². The van der Waals surface area contributed by atoms with Gasteiger partial charge in [-0.3, -0.25) is 4.79 Å².